The minimum Gasteiger partial charge on any atom is -0.481 e. The second-order valence-corrected chi connectivity index (χ2v) is 7.16. The smallest absolute Gasteiger partial charge is 0.303 e. The number of para-hydroxylation sites is 1. The third-order valence-corrected chi connectivity index (χ3v) is 5.13. The Labute approximate surface area is 161 Å². The first-order chi connectivity index (χ1) is 12.8. The molecule has 0 atom stereocenters. The van der Waals surface area contributed by atoms with Crippen LogP contribution in [0.1, 0.15) is 17.8 Å². The Hall–Kier alpha value is -2.58. The summed E-state index contributed by atoms with van der Waals surface area (Å²) in [7, 11) is 0. The minimum atomic E-state index is -1.10. The van der Waals surface area contributed by atoms with Crippen LogP contribution >= 0.6 is 22.9 Å². The fourth-order valence-corrected chi connectivity index (χ4v) is 3.71. The maximum absolute atomic E-state index is 13.9. The molecule has 9 heteroatoms. The molecule has 0 radical (unpaired) electrons. The molecule has 1 N–H and O–H groups in total. The van der Waals surface area contributed by atoms with Crippen molar-refractivity contribution in [2.75, 3.05) is 4.90 Å². The lowest BCUT2D eigenvalue weighted by Gasteiger charge is -2.22. The van der Waals surface area contributed by atoms with Crippen LogP contribution in [0.15, 0.2) is 36.4 Å². The number of benzene rings is 2. The summed E-state index contributed by atoms with van der Waals surface area (Å²) in [5, 5.41) is 9.50. The number of carboxylic acids is 1. The van der Waals surface area contributed by atoms with E-state index in [1.54, 1.807) is 24.3 Å². The van der Waals surface area contributed by atoms with Crippen LogP contribution in [-0.2, 0) is 16.1 Å². The number of hydrogen-bond donors (Lipinski definition) is 1. The number of hydrogen-bond acceptors (Lipinski definition) is 4. The molecule has 140 valence electrons. The number of aliphatic carboxylic acids is 1. The molecule has 0 aliphatic carbocycles. The Morgan fingerprint density at radius 2 is 1.93 bits per heavy atom. The highest BCUT2D eigenvalue weighted by Crippen LogP contribution is 2.31. The number of carbonyl (C=O) groups is 2. The zero-order chi connectivity index (χ0) is 19.6. The van der Waals surface area contributed by atoms with Gasteiger partial charge in [0.1, 0.15) is 16.6 Å². The lowest BCUT2D eigenvalue weighted by molar-refractivity contribution is -0.138. The molecule has 27 heavy (non-hydrogen) atoms. The van der Waals surface area contributed by atoms with Crippen LogP contribution in [-0.4, -0.2) is 22.0 Å². The van der Waals surface area contributed by atoms with Gasteiger partial charge in [-0.25, -0.2) is 13.8 Å². The van der Waals surface area contributed by atoms with Gasteiger partial charge < -0.3 is 10.0 Å². The standard InChI is InChI=1S/C18H13ClF2N2O3S/c19-11-3-1-2-4-14(11)23(16(24)5-6-17(25)26)9-15-22-13-8-10(20)7-12(21)18(13)27-15/h1-4,7-8H,5-6,9H2,(H,25,26). The lowest BCUT2D eigenvalue weighted by atomic mass is 10.2. The predicted molar refractivity (Wildman–Crippen MR) is 99.0 cm³/mol. The molecular formula is C18H13ClF2N2O3S. The normalized spacial score (nSPS) is 10.9. The number of thiazole rings is 1. The van der Waals surface area contributed by atoms with Gasteiger partial charge in [0.15, 0.2) is 0 Å². The van der Waals surface area contributed by atoms with Gasteiger partial charge in [-0.2, -0.15) is 0 Å². The molecule has 1 amide bonds. The first-order valence-corrected chi connectivity index (χ1v) is 9.05. The number of aromatic nitrogens is 1. The second kappa shape index (κ2) is 7.98. The van der Waals surface area contributed by atoms with Gasteiger partial charge in [0.25, 0.3) is 0 Å². The average molecular weight is 411 g/mol. The molecule has 0 unspecified atom stereocenters. The molecule has 1 aromatic heterocycles. The molecule has 0 saturated heterocycles. The highest BCUT2D eigenvalue weighted by molar-refractivity contribution is 7.18. The van der Waals surface area contributed by atoms with Crippen molar-refractivity contribution in [3.8, 4) is 0 Å². The van der Waals surface area contributed by atoms with Gasteiger partial charge in [-0.1, -0.05) is 23.7 Å². The summed E-state index contributed by atoms with van der Waals surface area (Å²) in [6.45, 7) is -0.0391. The molecule has 3 rings (SSSR count). The molecule has 0 spiro atoms. The third kappa shape index (κ3) is 4.40. The van der Waals surface area contributed by atoms with E-state index in [0.717, 1.165) is 23.5 Å². The molecule has 5 nitrogen and oxygen atoms in total. The van der Waals surface area contributed by atoms with E-state index in [1.165, 1.54) is 4.90 Å². The highest BCUT2D eigenvalue weighted by atomic mass is 35.5. The van der Waals surface area contributed by atoms with E-state index >= 15 is 0 Å². The molecule has 1 heterocycles. The number of halogens is 3. The van der Waals surface area contributed by atoms with Gasteiger partial charge in [-0.3, -0.25) is 9.59 Å². The number of anilines is 1. The van der Waals surface area contributed by atoms with Crippen LogP contribution in [0, 0.1) is 11.6 Å². The van der Waals surface area contributed by atoms with Gasteiger partial charge in [0.05, 0.1) is 33.9 Å². The maximum Gasteiger partial charge on any atom is 0.303 e. The van der Waals surface area contributed by atoms with Crippen molar-refractivity contribution in [2.45, 2.75) is 19.4 Å². The molecule has 0 bridgehead atoms. The summed E-state index contributed by atoms with van der Waals surface area (Å²) < 4.78 is 27.5. The Kier molecular flexibility index (Phi) is 5.67. The van der Waals surface area contributed by atoms with Crippen LogP contribution in [0.5, 0.6) is 0 Å². The Morgan fingerprint density at radius 3 is 2.63 bits per heavy atom. The Morgan fingerprint density at radius 1 is 1.19 bits per heavy atom. The SMILES string of the molecule is O=C(O)CCC(=O)N(Cc1nc2cc(F)cc(F)c2s1)c1ccccc1Cl. The molecular weight excluding hydrogens is 398 g/mol. The Balaban J connectivity index is 1.96. The molecule has 2 aromatic carbocycles. The largest absolute Gasteiger partial charge is 0.481 e. The minimum absolute atomic E-state index is 0.0391. The number of nitrogens with zero attached hydrogens (tertiary/aromatic N) is 2. The van der Waals surface area contributed by atoms with Crippen LogP contribution in [0.3, 0.4) is 0 Å². The number of carbonyl (C=O) groups excluding carboxylic acids is 1. The monoisotopic (exact) mass is 410 g/mol. The average Bonchev–Trinajstić information content (AvgIpc) is 3.01. The van der Waals surface area contributed by atoms with E-state index in [0.29, 0.717) is 15.7 Å². The van der Waals surface area contributed by atoms with E-state index in [9.17, 15) is 18.4 Å². The van der Waals surface area contributed by atoms with E-state index in [2.05, 4.69) is 4.98 Å². The van der Waals surface area contributed by atoms with Gasteiger partial charge >= 0.3 is 5.97 Å². The zero-order valence-electron chi connectivity index (χ0n) is 13.8. The first kappa shape index (κ1) is 19.2. The topological polar surface area (TPSA) is 70.5 Å². The van der Waals surface area contributed by atoms with E-state index in [4.69, 9.17) is 16.7 Å². The molecule has 3 aromatic rings. The molecule has 0 fully saturated rings. The maximum atomic E-state index is 13.9. The Bertz CT molecular complexity index is 1030. The van der Waals surface area contributed by atoms with Gasteiger partial charge in [0.2, 0.25) is 5.91 Å². The van der Waals surface area contributed by atoms with Crippen molar-refractivity contribution >= 4 is 50.7 Å². The summed E-state index contributed by atoms with van der Waals surface area (Å²) in [4.78, 5) is 28.9. The summed E-state index contributed by atoms with van der Waals surface area (Å²) in [6, 6.07) is 8.49. The van der Waals surface area contributed by atoms with Crippen molar-refractivity contribution in [3.05, 3.63) is 58.1 Å². The third-order valence-electron chi connectivity index (χ3n) is 3.74. The summed E-state index contributed by atoms with van der Waals surface area (Å²) in [5.74, 6) is -3.02. The van der Waals surface area contributed by atoms with E-state index in [1.807, 2.05) is 0 Å². The highest BCUT2D eigenvalue weighted by Gasteiger charge is 2.21. The van der Waals surface area contributed by atoms with Gasteiger partial charge in [-0.15, -0.1) is 11.3 Å². The van der Waals surface area contributed by atoms with E-state index < -0.39 is 23.5 Å². The quantitative estimate of drug-likeness (QED) is 0.643. The van der Waals surface area contributed by atoms with Crippen molar-refractivity contribution in [1.82, 2.24) is 4.98 Å². The first-order valence-electron chi connectivity index (χ1n) is 7.86. The molecule has 0 aliphatic heterocycles. The van der Waals surface area contributed by atoms with Crippen LogP contribution < -0.4 is 4.90 Å². The lowest BCUT2D eigenvalue weighted by Crippen LogP contribution is -2.30. The van der Waals surface area contributed by atoms with Crippen molar-refractivity contribution in [3.63, 3.8) is 0 Å². The van der Waals surface area contributed by atoms with Crippen molar-refractivity contribution in [2.24, 2.45) is 0 Å². The van der Waals surface area contributed by atoms with Crippen molar-refractivity contribution < 1.29 is 23.5 Å². The number of amides is 1. The van der Waals surface area contributed by atoms with Crippen molar-refractivity contribution in [1.29, 1.82) is 0 Å². The number of rotatable bonds is 6. The fourth-order valence-electron chi connectivity index (χ4n) is 2.54. The molecule has 0 aliphatic rings. The number of fused-ring (bicyclic) bond motifs is 1. The summed E-state index contributed by atoms with van der Waals surface area (Å²) in [5.41, 5.74) is 0.546. The van der Waals surface area contributed by atoms with Gasteiger partial charge in [-0.05, 0) is 12.1 Å². The van der Waals surface area contributed by atoms with Crippen LogP contribution in [0.4, 0.5) is 14.5 Å². The fraction of sp³-hybridized carbons (Fsp3) is 0.167. The van der Waals surface area contributed by atoms with E-state index in [-0.39, 0.29) is 29.6 Å². The van der Waals surface area contributed by atoms with Crippen LogP contribution in [0.25, 0.3) is 10.2 Å². The predicted octanol–water partition coefficient (Wildman–Crippen LogP) is 4.63. The zero-order valence-corrected chi connectivity index (χ0v) is 15.4. The summed E-state index contributed by atoms with van der Waals surface area (Å²) in [6.07, 6.45) is -0.562. The van der Waals surface area contributed by atoms with Crippen LogP contribution in [0.2, 0.25) is 5.02 Å². The molecule has 0 saturated carbocycles. The summed E-state index contributed by atoms with van der Waals surface area (Å²) >= 11 is 7.18. The van der Waals surface area contributed by atoms with Gasteiger partial charge in [0, 0.05) is 18.6 Å². The number of carboxylic acid groups (broad SMARTS) is 1. The second-order valence-electron chi connectivity index (χ2n) is 5.67.